The molecule has 0 aromatic heterocycles. The number of carboxylic acids is 1. The summed E-state index contributed by atoms with van der Waals surface area (Å²) in [5.41, 5.74) is 10.6. The van der Waals surface area contributed by atoms with Gasteiger partial charge in [-0.1, -0.05) is 13.8 Å². The Balaban J connectivity index is 4.97. The zero-order chi connectivity index (χ0) is 19.0. The number of hydrogen-bond donors (Lipinski definition) is 6. The van der Waals surface area contributed by atoms with Crippen LogP contribution in [-0.4, -0.2) is 58.1 Å². The molecule has 0 aliphatic heterocycles. The van der Waals surface area contributed by atoms with Gasteiger partial charge >= 0.3 is 5.97 Å². The molecule has 3 amide bonds. The molecular weight excluding hydrogens is 320 g/mol. The van der Waals surface area contributed by atoms with E-state index < -0.39 is 47.9 Å². The van der Waals surface area contributed by atoms with E-state index in [0.29, 0.717) is 0 Å². The van der Waals surface area contributed by atoms with Crippen molar-refractivity contribution < 1.29 is 29.4 Å². The predicted octanol–water partition coefficient (Wildman–Crippen LogP) is -2.33. The Hall–Kier alpha value is -2.20. The standard InChI is InChI=1S/C14H26N4O6/c1-6(2)10(16)12(21)18-11(7(3)19)13(22)17-8(14(23)24)4-5-9(15)20/h6-8,10-11,19H,4-5,16H2,1-3H3,(H2,15,20)(H,17,22)(H,18,21)(H,23,24)/t7-,8+,10+,11+/m1/s1. The summed E-state index contributed by atoms with van der Waals surface area (Å²) in [6, 6.07) is -3.64. The lowest BCUT2D eigenvalue weighted by Gasteiger charge is -2.25. The van der Waals surface area contributed by atoms with Crippen molar-refractivity contribution in [3.8, 4) is 0 Å². The van der Waals surface area contributed by atoms with Crippen LogP contribution >= 0.6 is 0 Å². The summed E-state index contributed by atoms with van der Waals surface area (Å²) in [5.74, 6) is -3.80. The molecule has 8 N–H and O–H groups in total. The molecule has 0 heterocycles. The second-order valence-corrected chi connectivity index (χ2v) is 5.90. The molecule has 0 radical (unpaired) electrons. The van der Waals surface area contributed by atoms with Gasteiger partial charge in [0.25, 0.3) is 0 Å². The molecule has 0 aliphatic rings. The van der Waals surface area contributed by atoms with E-state index in [2.05, 4.69) is 10.6 Å². The lowest BCUT2D eigenvalue weighted by Crippen LogP contribution is -2.58. The number of amides is 3. The highest BCUT2D eigenvalue weighted by Gasteiger charge is 2.31. The van der Waals surface area contributed by atoms with Gasteiger partial charge in [0, 0.05) is 6.42 Å². The van der Waals surface area contributed by atoms with Gasteiger partial charge in [-0.15, -0.1) is 0 Å². The number of carboxylic acid groups (broad SMARTS) is 1. The molecule has 24 heavy (non-hydrogen) atoms. The van der Waals surface area contributed by atoms with Crippen LogP contribution in [0.1, 0.15) is 33.6 Å². The first kappa shape index (κ1) is 21.8. The minimum atomic E-state index is -1.38. The lowest BCUT2D eigenvalue weighted by atomic mass is 10.0. The van der Waals surface area contributed by atoms with E-state index in [-0.39, 0.29) is 18.8 Å². The highest BCUT2D eigenvalue weighted by Crippen LogP contribution is 2.03. The van der Waals surface area contributed by atoms with Crippen molar-refractivity contribution >= 4 is 23.7 Å². The third-order valence-electron chi connectivity index (χ3n) is 3.38. The van der Waals surface area contributed by atoms with Crippen molar-refractivity contribution in [2.75, 3.05) is 0 Å². The Labute approximate surface area is 139 Å². The third-order valence-corrected chi connectivity index (χ3v) is 3.38. The molecule has 4 atom stereocenters. The van der Waals surface area contributed by atoms with E-state index in [1.54, 1.807) is 13.8 Å². The molecule has 10 nitrogen and oxygen atoms in total. The maximum Gasteiger partial charge on any atom is 0.326 e. The number of nitrogens with one attached hydrogen (secondary N) is 2. The highest BCUT2D eigenvalue weighted by molar-refractivity contribution is 5.92. The van der Waals surface area contributed by atoms with Crippen LogP contribution in [0.4, 0.5) is 0 Å². The number of aliphatic carboxylic acids is 1. The van der Waals surface area contributed by atoms with Gasteiger partial charge in [0.2, 0.25) is 17.7 Å². The Morgan fingerprint density at radius 2 is 1.58 bits per heavy atom. The molecule has 0 bridgehead atoms. The van der Waals surface area contributed by atoms with Gasteiger partial charge in [-0.3, -0.25) is 14.4 Å². The number of hydrogen-bond acceptors (Lipinski definition) is 6. The first-order chi connectivity index (χ1) is 11.0. The van der Waals surface area contributed by atoms with Gasteiger partial charge in [0.05, 0.1) is 12.1 Å². The summed E-state index contributed by atoms with van der Waals surface area (Å²) >= 11 is 0. The van der Waals surface area contributed by atoms with Crippen LogP contribution in [0.5, 0.6) is 0 Å². The number of carbonyl (C=O) groups excluding carboxylic acids is 3. The molecule has 0 aliphatic carbocycles. The van der Waals surface area contributed by atoms with E-state index in [9.17, 15) is 24.3 Å². The van der Waals surface area contributed by atoms with Crippen molar-refractivity contribution in [3.63, 3.8) is 0 Å². The Morgan fingerprint density at radius 3 is 1.96 bits per heavy atom. The maximum atomic E-state index is 12.2. The fourth-order valence-electron chi connectivity index (χ4n) is 1.76. The second kappa shape index (κ2) is 9.83. The van der Waals surface area contributed by atoms with E-state index in [1.807, 2.05) is 0 Å². The minimum absolute atomic E-state index is 0.190. The van der Waals surface area contributed by atoms with Gasteiger partial charge in [0.1, 0.15) is 12.1 Å². The molecule has 0 aromatic rings. The van der Waals surface area contributed by atoms with Crippen molar-refractivity contribution in [2.45, 2.75) is 57.8 Å². The molecule has 0 spiro atoms. The van der Waals surface area contributed by atoms with Crippen LogP contribution in [0.2, 0.25) is 0 Å². The summed E-state index contributed by atoms with van der Waals surface area (Å²) in [7, 11) is 0. The molecule has 0 rings (SSSR count). The average molecular weight is 346 g/mol. The smallest absolute Gasteiger partial charge is 0.326 e. The lowest BCUT2D eigenvalue weighted by molar-refractivity contribution is -0.143. The molecular formula is C14H26N4O6. The van der Waals surface area contributed by atoms with E-state index >= 15 is 0 Å². The Kier molecular flexibility index (Phi) is 8.93. The molecule has 10 heteroatoms. The summed E-state index contributed by atoms with van der Waals surface area (Å²) in [5, 5.41) is 23.2. The van der Waals surface area contributed by atoms with Gasteiger partial charge in [-0.2, -0.15) is 0 Å². The predicted molar refractivity (Wildman–Crippen MR) is 84.4 cm³/mol. The van der Waals surface area contributed by atoms with Crippen LogP contribution in [0, 0.1) is 5.92 Å². The Bertz CT molecular complexity index is 480. The van der Waals surface area contributed by atoms with Crippen molar-refractivity contribution in [3.05, 3.63) is 0 Å². The van der Waals surface area contributed by atoms with Gasteiger partial charge in [0.15, 0.2) is 0 Å². The molecule has 0 fully saturated rings. The fourth-order valence-corrected chi connectivity index (χ4v) is 1.76. The van der Waals surface area contributed by atoms with E-state index in [1.165, 1.54) is 6.92 Å². The normalized spacial score (nSPS) is 15.9. The van der Waals surface area contributed by atoms with Gasteiger partial charge in [-0.25, -0.2) is 4.79 Å². The summed E-state index contributed by atoms with van der Waals surface area (Å²) in [6.45, 7) is 4.70. The van der Waals surface area contributed by atoms with Crippen LogP contribution < -0.4 is 22.1 Å². The number of primary amides is 1. The first-order valence-electron chi connectivity index (χ1n) is 7.52. The molecule has 0 saturated carbocycles. The molecule has 0 aromatic carbocycles. The second-order valence-electron chi connectivity index (χ2n) is 5.90. The monoisotopic (exact) mass is 346 g/mol. The SMILES string of the molecule is CC(C)[C@H](N)C(=O)N[C@H](C(=O)N[C@@H](CCC(N)=O)C(=O)O)[C@@H](C)O. The zero-order valence-electron chi connectivity index (χ0n) is 14.0. The maximum absolute atomic E-state index is 12.2. The number of rotatable bonds is 10. The van der Waals surface area contributed by atoms with Crippen LogP contribution in [0.3, 0.4) is 0 Å². The first-order valence-corrected chi connectivity index (χ1v) is 7.52. The van der Waals surface area contributed by atoms with Crippen LogP contribution in [0.15, 0.2) is 0 Å². The van der Waals surface area contributed by atoms with Crippen LogP contribution in [0.25, 0.3) is 0 Å². The summed E-state index contributed by atoms with van der Waals surface area (Å²) < 4.78 is 0. The van der Waals surface area contributed by atoms with Crippen molar-refractivity contribution in [1.29, 1.82) is 0 Å². The number of carbonyl (C=O) groups is 4. The number of aliphatic hydroxyl groups excluding tert-OH is 1. The molecule has 138 valence electrons. The van der Waals surface area contributed by atoms with Crippen molar-refractivity contribution in [2.24, 2.45) is 17.4 Å². The largest absolute Gasteiger partial charge is 0.480 e. The minimum Gasteiger partial charge on any atom is -0.480 e. The zero-order valence-corrected chi connectivity index (χ0v) is 14.0. The summed E-state index contributed by atoms with van der Waals surface area (Å²) in [6.07, 6.45) is -1.72. The number of aliphatic hydroxyl groups is 1. The van der Waals surface area contributed by atoms with Crippen molar-refractivity contribution in [1.82, 2.24) is 10.6 Å². The fraction of sp³-hybridized carbons (Fsp3) is 0.714. The van der Waals surface area contributed by atoms with E-state index in [0.717, 1.165) is 0 Å². The van der Waals surface area contributed by atoms with Crippen LogP contribution in [-0.2, 0) is 19.2 Å². The molecule has 0 unspecified atom stereocenters. The average Bonchev–Trinajstić information content (AvgIpc) is 2.46. The van der Waals surface area contributed by atoms with Gasteiger partial charge < -0.3 is 32.3 Å². The van der Waals surface area contributed by atoms with Gasteiger partial charge in [-0.05, 0) is 19.3 Å². The third kappa shape index (κ3) is 7.38. The quantitative estimate of drug-likeness (QED) is 0.256. The topological polar surface area (TPSA) is 185 Å². The Morgan fingerprint density at radius 1 is 1.04 bits per heavy atom. The molecule has 0 saturated heterocycles. The highest BCUT2D eigenvalue weighted by atomic mass is 16.4. The number of nitrogens with two attached hydrogens (primary N) is 2. The van der Waals surface area contributed by atoms with E-state index in [4.69, 9.17) is 16.6 Å². The summed E-state index contributed by atoms with van der Waals surface area (Å²) in [4.78, 5) is 46.0.